The average Bonchev–Trinajstić information content (AvgIpc) is 3.20. The highest BCUT2D eigenvalue weighted by Crippen LogP contribution is 2.29. The molecule has 0 radical (unpaired) electrons. The van der Waals surface area contributed by atoms with Crippen molar-refractivity contribution in [3.05, 3.63) is 131 Å². The van der Waals surface area contributed by atoms with E-state index in [2.05, 4.69) is 114 Å². The van der Waals surface area contributed by atoms with E-state index in [4.69, 9.17) is 0 Å². The SMILES string of the molecule is Cc1ccc(C(CC=Cc2cncn2Cc2ccccc2)c2ccc(C)cc2)cc1. The first-order chi connectivity index (χ1) is 14.7. The molecule has 0 aliphatic heterocycles. The van der Waals surface area contributed by atoms with Crippen LogP contribution in [-0.2, 0) is 6.54 Å². The molecule has 0 N–H and O–H groups in total. The molecule has 1 aromatic heterocycles. The molecule has 4 aromatic rings. The van der Waals surface area contributed by atoms with Gasteiger partial charge >= 0.3 is 0 Å². The Morgan fingerprint density at radius 3 is 2.00 bits per heavy atom. The fourth-order valence-electron chi connectivity index (χ4n) is 3.77. The van der Waals surface area contributed by atoms with Gasteiger partial charge in [0.2, 0.25) is 0 Å². The molecule has 0 aliphatic rings. The van der Waals surface area contributed by atoms with Crippen LogP contribution in [-0.4, -0.2) is 9.55 Å². The van der Waals surface area contributed by atoms with Crippen molar-refractivity contribution in [3.63, 3.8) is 0 Å². The number of hydrogen-bond acceptors (Lipinski definition) is 1. The molecular formula is C28H28N2. The summed E-state index contributed by atoms with van der Waals surface area (Å²) >= 11 is 0. The van der Waals surface area contributed by atoms with Crippen molar-refractivity contribution in [3.8, 4) is 0 Å². The lowest BCUT2D eigenvalue weighted by molar-refractivity contribution is 0.787. The summed E-state index contributed by atoms with van der Waals surface area (Å²) in [6.45, 7) is 5.11. The van der Waals surface area contributed by atoms with Gasteiger partial charge in [-0.05, 0) is 43.0 Å². The number of aryl methyl sites for hydroxylation is 2. The van der Waals surface area contributed by atoms with Gasteiger partial charge in [0, 0.05) is 12.5 Å². The van der Waals surface area contributed by atoms with Crippen molar-refractivity contribution < 1.29 is 0 Å². The number of aromatic nitrogens is 2. The Morgan fingerprint density at radius 1 is 0.800 bits per heavy atom. The van der Waals surface area contributed by atoms with E-state index >= 15 is 0 Å². The summed E-state index contributed by atoms with van der Waals surface area (Å²) in [4.78, 5) is 4.36. The Hall–Kier alpha value is -3.39. The molecule has 4 rings (SSSR count). The van der Waals surface area contributed by atoms with Crippen molar-refractivity contribution >= 4 is 6.08 Å². The van der Waals surface area contributed by atoms with Crippen molar-refractivity contribution in [2.45, 2.75) is 32.7 Å². The van der Waals surface area contributed by atoms with Gasteiger partial charge in [-0.3, -0.25) is 0 Å². The zero-order valence-corrected chi connectivity index (χ0v) is 17.7. The molecule has 1 heterocycles. The molecule has 0 bridgehead atoms. The minimum atomic E-state index is 0.341. The number of imidazole rings is 1. The third-order valence-corrected chi connectivity index (χ3v) is 5.56. The maximum absolute atomic E-state index is 4.36. The van der Waals surface area contributed by atoms with Crippen molar-refractivity contribution in [2.24, 2.45) is 0 Å². The van der Waals surface area contributed by atoms with Crippen LogP contribution in [0.3, 0.4) is 0 Å². The van der Waals surface area contributed by atoms with Crippen LogP contribution < -0.4 is 0 Å². The van der Waals surface area contributed by atoms with E-state index in [-0.39, 0.29) is 0 Å². The van der Waals surface area contributed by atoms with Crippen molar-refractivity contribution in [1.29, 1.82) is 0 Å². The normalized spacial score (nSPS) is 11.4. The monoisotopic (exact) mass is 392 g/mol. The van der Waals surface area contributed by atoms with E-state index in [1.165, 1.54) is 27.8 Å². The van der Waals surface area contributed by atoms with Crippen LogP contribution in [0.15, 0.2) is 97.5 Å². The molecular weight excluding hydrogens is 364 g/mol. The molecule has 0 saturated carbocycles. The first-order valence-corrected chi connectivity index (χ1v) is 10.5. The van der Waals surface area contributed by atoms with E-state index < -0.39 is 0 Å². The minimum Gasteiger partial charge on any atom is -0.327 e. The zero-order valence-electron chi connectivity index (χ0n) is 17.7. The molecule has 0 amide bonds. The Kier molecular flexibility index (Phi) is 6.24. The molecule has 0 fully saturated rings. The van der Waals surface area contributed by atoms with Crippen LogP contribution in [0, 0.1) is 13.8 Å². The Labute approximate surface area is 179 Å². The highest BCUT2D eigenvalue weighted by atomic mass is 15.0. The van der Waals surface area contributed by atoms with Gasteiger partial charge in [-0.2, -0.15) is 0 Å². The van der Waals surface area contributed by atoms with Gasteiger partial charge in [-0.25, -0.2) is 4.98 Å². The third-order valence-electron chi connectivity index (χ3n) is 5.56. The fourth-order valence-corrected chi connectivity index (χ4v) is 3.77. The summed E-state index contributed by atoms with van der Waals surface area (Å²) in [5.41, 5.74) is 7.70. The van der Waals surface area contributed by atoms with Crippen LogP contribution in [0.2, 0.25) is 0 Å². The lowest BCUT2D eigenvalue weighted by Gasteiger charge is -2.17. The number of hydrogen-bond donors (Lipinski definition) is 0. The Bertz CT molecular complexity index is 1040. The van der Waals surface area contributed by atoms with E-state index in [0.29, 0.717) is 5.92 Å². The molecule has 150 valence electrons. The summed E-state index contributed by atoms with van der Waals surface area (Å²) in [5, 5.41) is 0. The number of allylic oxidation sites excluding steroid dienone is 1. The summed E-state index contributed by atoms with van der Waals surface area (Å²) in [7, 11) is 0. The number of nitrogens with zero attached hydrogens (tertiary/aromatic N) is 2. The molecule has 0 aliphatic carbocycles. The van der Waals surface area contributed by atoms with Gasteiger partial charge in [0.15, 0.2) is 0 Å². The third kappa shape index (κ3) is 4.96. The molecule has 0 unspecified atom stereocenters. The minimum absolute atomic E-state index is 0.341. The van der Waals surface area contributed by atoms with Gasteiger partial charge in [0.05, 0.1) is 18.2 Å². The highest BCUT2D eigenvalue weighted by molar-refractivity contribution is 5.45. The van der Waals surface area contributed by atoms with E-state index in [1.54, 1.807) is 0 Å². The first-order valence-electron chi connectivity index (χ1n) is 10.5. The predicted octanol–water partition coefficient (Wildman–Crippen LogP) is 6.78. The molecule has 0 atom stereocenters. The topological polar surface area (TPSA) is 17.8 Å². The van der Waals surface area contributed by atoms with Gasteiger partial charge in [0.25, 0.3) is 0 Å². The van der Waals surface area contributed by atoms with Gasteiger partial charge < -0.3 is 4.57 Å². The molecule has 2 heteroatoms. The fraction of sp³-hybridized carbons (Fsp3) is 0.179. The maximum Gasteiger partial charge on any atom is 0.0953 e. The average molecular weight is 393 g/mol. The van der Waals surface area contributed by atoms with Crippen LogP contribution in [0.4, 0.5) is 0 Å². The van der Waals surface area contributed by atoms with Crippen molar-refractivity contribution in [2.75, 3.05) is 0 Å². The molecule has 3 aromatic carbocycles. The Balaban J connectivity index is 1.54. The molecule has 0 saturated heterocycles. The van der Waals surface area contributed by atoms with Crippen LogP contribution in [0.25, 0.3) is 6.08 Å². The number of rotatable bonds is 7. The first kappa shape index (κ1) is 19.9. The quantitative estimate of drug-likeness (QED) is 0.339. The molecule has 0 spiro atoms. The summed E-state index contributed by atoms with van der Waals surface area (Å²) in [5.74, 6) is 0.341. The van der Waals surface area contributed by atoms with Crippen LogP contribution in [0.5, 0.6) is 0 Å². The second-order valence-corrected chi connectivity index (χ2v) is 7.94. The maximum atomic E-state index is 4.36. The smallest absolute Gasteiger partial charge is 0.0953 e. The standard InChI is InChI=1S/C28H28N2/c1-22-11-15-25(16-12-22)28(26-17-13-23(2)14-18-26)10-6-9-27-19-29-21-30(27)20-24-7-4-3-5-8-24/h3-9,11-19,21,28H,10,20H2,1-2H3. The Morgan fingerprint density at radius 2 is 1.40 bits per heavy atom. The van der Waals surface area contributed by atoms with Crippen LogP contribution >= 0.6 is 0 Å². The lowest BCUT2D eigenvalue weighted by Crippen LogP contribution is -2.01. The second-order valence-electron chi connectivity index (χ2n) is 7.94. The number of benzene rings is 3. The summed E-state index contributed by atoms with van der Waals surface area (Å²) in [6, 6.07) is 28.4. The van der Waals surface area contributed by atoms with Gasteiger partial charge in [-0.1, -0.05) is 96.1 Å². The molecule has 30 heavy (non-hydrogen) atoms. The lowest BCUT2D eigenvalue weighted by atomic mass is 9.87. The predicted molar refractivity (Wildman–Crippen MR) is 126 cm³/mol. The highest BCUT2D eigenvalue weighted by Gasteiger charge is 2.13. The van der Waals surface area contributed by atoms with Gasteiger partial charge in [-0.15, -0.1) is 0 Å². The summed E-state index contributed by atoms with van der Waals surface area (Å²) < 4.78 is 2.19. The van der Waals surface area contributed by atoms with Gasteiger partial charge in [0.1, 0.15) is 0 Å². The van der Waals surface area contributed by atoms with E-state index in [0.717, 1.165) is 18.7 Å². The second kappa shape index (κ2) is 9.41. The van der Waals surface area contributed by atoms with Crippen molar-refractivity contribution in [1.82, 2.24) is 9.55 Å². The van der Waals surface area contributed by atoms with E-state index in [9.17, 15) is 0 Å². The summed E-state index contributed by atoms with van der Waals surface area (Å²) in [6.07, 6.45) is 9.27. The zero-order chi connectivity index (χ0) is 20.8. The largest absolute Gasteiger partial charge is 0.327 e. The van der Waals surface area contributed by atoms with E-state index in [1.807, 2.05) is 12.5 Å². The van der Waals surface area contributed by atoms with Crippen LogP contribution in [0.1, 0.15) is 45.8 Å². The molecule has 2 nitrogen and oxygen atoms in total.